The Morgan fingerprint density at radius 1 is 1.16 bits per heavy atom. The number of carbonyl (C=O) groups is 2. The molecule has 4 nitrogen and oxygen atoms in total. The molecule has 98 valence electrons. The first-order valence-corrected chi connectivity index (χ1v) is 6.21. The first kappa shape index (κ1) is 12.0. The van der Waals surface area contributed by atoms with Gasteiger partial charge in [0, 0.05) is 12.0 Å². The van der Waals surface area contributed by atoms with Crippen molar-refractivity contribution in [1.29, 1.82) is 0 Å². The van der Waals surface area contributed by atoms with E-state index < -0.39 is 17.7 Å². The van der Waals surface area contributed by atoms with Gasteiger partial charge in [-0.05, 0) is 19.9 Å². The van der Waals surface area contributed by atoms with Gasteiger partial charge in [0.05, 0.1) is 11.1 Å². The van der Waals surface area contributed by atoms with Crippen molar-refractivity contribution >= 4 is 11.9 Å². The maximum Gasteiger partial charge on any atom is 0.339 e. The number of rotatable bonds is 1. The number of esters is 2. The minimum absolute atomic E-state index is 0.390. The maximum atomic E-state index is 12.0. The third kappa shape index (κ3) is 1.93. The number of carbonyl (C=O) groups excluding carboxylic acids is 2. The molecule has 0 bridgehead atoms. The fourth-order valence-corrected chi connectivity index (χ4v) is 2.38. The van der Waals surface area contributed by atoms with E-state index in [9.17, 15) is 9.59 Å². The Morgan fingerprint density at radius 2 is 1.89 bits per heavy atom. The van der Waals surface area contributed by atoms with Gasteiger partial charge in [-0.25, -0.2) is 9.59 Å². The first-order valence-electron chi connectivity index (χ1n) is 6.21. The monoisotopic (exact) mass is 258 g/mol. The van der Waals surface area contributed by atoms with Gasteiger partial charge in [0.2, 0.25) is 0 Å². The van der Waals surface area contributed by atoms with Crippen LogP contribution >= 0.6 is 0 Å². The van der Waals surface area contributed by atoms with Crippen LogP contribution in [0.1, 0.15) is 42.3 Å². The lowest BCUT2D eigenvalue weighted by Crippen LogP contribution is -2.33. The Hall–Kier alpha value is -2.10. The highest BCUT2D eigenvalue weighted by Gasteiger charge is 2.40. The van der Waals surface area contributed by atoms with Crippen LogP contribution in [0.2, 0.25) is 0 Å². The maximum absolute atomic E-state index is 12.0. The van der Waals surface area contributed by atoms with Crippen molar-refractivity contribution in [3.63, 3.8) is 0 Å². The van der Waals surface area contributed by atoms with Gasteiger partial charge in [-0.3, -0.25) is 0 Å². The zero-order valence-corrected chi connectivity index (χ0v) is 10.8. The number of ether oxygens (including phenoxy) is 2. The predicted octanol–water partition coefficient (Wildman–Crippen LogP) is 2.55. The van der Waals surface area contributed by atoms with Gasteiger partial charge < -0.3 is 9.47 Å². The lowest BCUT2D eigenvalue weighted by Gasteiger charge is -2.30. The van der Waals surface area contributed by atoms with Crippen molar-refractivity contribution in [2.45, 2.75) is 32.0 Å². The minimum Gasteiger partial charge on any atom is -0.456 e. The van der Waals surface area contributed by atoms with Crippen LogP contribution < -0.4 is 0 Å². The molecule has 0 aromatic heterocycles. The van der Waals surface area contributed by atoms with Crippen LogP contribution in [0, 0.1) is 0 Å². The third-order valence-corrected chi connectivity index (χ3v) is 3.39. The van der Waals surface area contributed by atoms with E-state index in [1.54, 1.807) is 18.2 Å². The quantitative estimate of drug-likeness (QED) is 0.726. The Labute approximate surface area is 111 Å². The summed E-state index contributed by atoms with van der Waals surface area (Å²) < 4.78 is 10.7. The van der Waals surface area contributed by atoms with Gasteiger partial charge in [0.25, 0.3) is 0 Å². The Bertz CT molecular complexity index is 598. The molecule has 0 spiro atoms. The van der Waals surface area contributed by atoms with Crippen LogP contribution in [0.15, 0.2) is 35.9 Å². The van der Waals surface area contributed by atoms with Crippen molar-refractivity contribution in [2.24, 2.45) is 0 Å². The smallest absolute Gasteiger partial charge is 0.339 e. The lowest BCUT2D eigenvalue weighted by molar-refractivity contribution is -0.154. The van der Waals surface area contributed by atoms with E-state index in [4.69, 9.17) is 9.47 Å². The predicted molar refractivity (Wildman–Crippen MR) is 67.5 cm³/mol. The highest BCUT2D eigenvalue weighted by atomic mass is 16.6. The summed E-state index contributed by atoms with van der Waals surface area (Å²) in [6, 6.07) is 7.11. The molecule has 0 saturated heterocycles. The van der Waals surface area contributed by atoms with Crippen LogP contribution in [0.3, 0.4) is 0 Å². The SMILES string of the molecule is CC1(C)CC=C([C@@H]2OC(=O)c3ccccc32)C(=O)O1. The second-order valence-electron chi connectivity index (χ2n) is 5.39. The van der Waals surface area contributed by atoms with Crippen molar-refractivity contribution < 1.29 is 19.1 Å². The average Bonchev–Trinajstić information content (AvgIpc) is 2.67. The second-order valence-corrected chi connectivity index (χ2v) is 5.39. The summed E-state index contributed by atoms with van der Waals surface area (Å²) >= 11 is 0. The van der Waals surface area contributed by atoms with Crippen molar-refractivity contribution in [1.82, 2.24) is 0 Å². The van der Waals surface area contributed by atoms with Crippen LogP contribution in [0.4, 0.5) is 0 Å². The van der Waals surface area contributed by atoms with Gasteiger partial charge in [0.15, 0.2) is 6.10 Å². The molecule has 3 rings (SSSR count). The van der Waals surface area contributed by atoms with Crippen LogP contribution in [0.25, 0.3) is 0 Å². The fraction of sp³-hybridized carbons (Fsp3) is 0.333. The molecule has 0 radical (unpaired) electrons. The standard InChI is InChI=1S/C15H14O4/c1-15(2)8-7-11(14(17)19-15)12-9-5-3-4-6-10(9)13(16)18-12/h3-7,12H,8H2,1-2H3/t12-/m1/s1. The molecule has 0 saturated carbocycles. The molecule has 0 unspecified atom stereocenters. The summed E-state index contributed by atoms with van der Waals surface area (Å²) in [5, 5.41) is 0. The van der Waals surface area contributed by atoms with Crippen LogP contribution in [-0.4, -0.2) is 17.5 Å². The van der Waals surface area contributed by atoms with E-state index in [1.807, 2.05) is 26.0 Å². The van der Waals surface area contributed by atoms with E-state index in [1.165, 1.54) is 0 Å². The lowest BCUT2D eigenvalue weighted by atomic mass is 9.93. The summed E-state index contributed by atoms with van der Waals surface area (Å²) in [5.41, 5.74) is 1.17. The number of cyclic esters (lactones) is 2. The Morgan fingerprint density at radius 3 is 2.63 bits per heavy atom. The molecular formula is C15H14O4. The van der Waals surface area contributed by atoms with E-state index in [0.717, 1.165) is 5.56 Å². The number of hydrogen-bond donors (Lipinski definition) is 0. The number of hydrogen-bond acceptors (Lipinski definition) is 4. The molecule has 4 heteroatoms. The number of fused-ring (bicyclic) bond motifs is 1. The molecule has 1 aromatic rings. The summed E-state index contributed by atoms with van der Waals surface area (Å²) in [5.74, 6) is -0.801. The normalized spacial score (nSPS) is 24.3. The average molecular weight is 258 g/mol. The fourth-order valence-electron chi connectivity index (χ4n) is 2.38. The molecule has 2 heterocycles. The van der Waals surface area contributed by atoms with Crippen LogP contribution in [-0.2, 0) is 14.3 Å². The molecule has 0 N–H and O–H groups in total. The van der Waals surface area contributed by atoms with Gasteiger partial charge in [0.1, 0.15) is 5.60 Å². The molecule has 2 aliphatic heterocycles. The zero-order valence-electron chi connectivity index (χ0n) is 10.8. The molecule has 1 aromatic carbocycles. The second kappa shape index (κ2) is 3.95. The van der Waals surface area contributed by atoms with E-state index in [0.29, 0.717) is 17.6 Å². The Kier molecular flexibility index (Phi) is 2.49. The highest BCUT2D eigenvalue weighted by molar-refractivity contribution is 5.98. The summed E-state index contributed by atoms with van der Waals surface area (Å²) in [6.07, 6.45) is 1.79. The summed E-state index contributed by atoms with van der Waals surface area (Å²) in [7, 11) is 0. The van der Waals surface area contributed by atoms with Crippen LogP contribution in [0.5, 0.6) is 0 Å². The topological polar surface area (TPSA) is 52.6 Å². The highest BCUT2D eigenvalue weighted by Crippen LogP contribution is 2.39. The largest absolute Gasteiger partial charge is 0.456 e. The van der Waals surface area contributed by atoms with Crippen molar-refractivity contribution in [3.05, 3.63) is 47.0 Å². The molecular weight excluding hydrogens is 244 g/mol. The molecule has 0 fully saturated rings. The van der Waals surface area contributed by atoms with Gasteiger partial charge in [-0.15, -0.1) is 0 Å². The first-order chi connectivity index (χ1) is 8.98. The van der Waals surface area contributed by atoms with E-state index >= 15 is 0 Å². The van der Waals surface area contributed by atoms with E-state index in [-0.39, 0.29) is 5.97 Å². The molecule has 0 amide bonds. The van der Waals surface area contributed by atoms with Gasteiger partial charge in [-0.2, -0.15) is 0 Å². The summed E-state index contributed by atoms with van der Waals surface area (Å²) in [6.45, 7) is 3.71. The van der Waals surface area contributed by atoms with Gasteiger partial charge >= 0.3 is 11.9 Å². The molecule has 2 aliphatic rings. The summed E-state index contributed by atoms with van der Waals surface area (Å²) in [4.78, 5) is 23.8. The molecule has 0 aliphatic carbocycles. The van der Waals surface area contributed by atoms with Crippen molar-refractivity contribution in [3.8, 4) is 0 Å². The van der Waals surface area contributed by atoms with Gasteiger partial charge in [-0.1, -0.05) is 24.3 Å². The Balaban J connectivity index is 2.00. The minimum atomic E-state index is -0.632. The molecule has 19 heavy (non-hydrogen) atoms. The third-order valence-electron chi connectivity index (χ3n) is 3.39. The van der Waals surface area contributed by atoms with Crippen molar-refractivity contribution in [2.75, 3.05) is 0 Å². The van der Waals surface area contributed by atoms with E-state index in [2.05, 4.69) is 0 Å². The zero-order chi connectivity index (χ0) is 13.6. The molecule has 1 atom stereocenters. The number of benzene rings is 1.